The molecule has 1 fully saturated rings. The van der Waals surface area contributed by atoms with Crippen LogP contribution in [0.5, 0.6) is 0 Å². The molecular weight excluding hydrogens is 262 g/mol. The molecule has 0 bridgehead atoms. The number of para-hydroxylation sites is 1. The molecule has 1 aromatic carbocycles. The highest BCUT2D eigenvalue weighted by atomic mass is 16.2. The van der Waals surface area contributed by atoms with Gasteiger partial charge in [0.1, 0.15) is 0 Å². The number of carbonyl (C=O) groups excluding carboxylic acids is 1. The zero-order valence-electron chi connectivity index (χ0n) is 13.4. The first-order valence-electron chi connectivity index (χ1n) is 7.99. The maximum Gasteiger partial charge on any atom is 0.255 e. The van der Waals surface area contributed by atoms with E-state index in [2.05, 4.69) is 17.1 Å². The molecule has 1 heterocycles. The number of hydrogen-bond acceptors (Lipinski definition) is 3. The quantitative estimate of drug-likeness (QED) is 0.874. The Kier molecular flexibility index (Phi) is 5.62. The zero-order chi connectivity index (χ0) is 15.2. The molecule has 1 aliphatic heterocycles. The molecule has 1 aromatic rings. The van der Waals surface area contributed by atoms with Crippen LogP contribution in [0.2, 0.25) is 0 Å². The van der Waals surface area contributed by atoms with Crippen molar-refractivity contribution in [2.45, 2.75) is 32.7 Å². The van der Waals surface area contributed by atoms with Crippen molar-refractivity contribution in [2.75, 3.05) is 38.5 Å². The van der Waals surface area contributed by atoms with E-state index in [-0.39, 0.29) is 5.91 Å². The molecule has 0 saturated carbocycles. The molecule has 2 rings (SSSR count). The lowest BCUT2D eigenvalue weighted by molar-refractivity contribution is 0.0755. The Morgan fingerprint density at radius 1 is 1.38 bits per heavy atom. The van der Waals surface area contributed by atoms with Crippen molar-refractivity contribution >= 4 is 11.6 Å². The summed E-state index contributed by atoms with van der Waals surface area (Å²) < 4.78 is 0. The van der Waals surface area contributed by atoms with Crippen molar-refractivity contribution < 1.29 is 4.79 Å². The maximum absolute atomic E-state index is 12.7. The second-order valence-electron chi connectivity index (χ2n) is 5.69. The minimum Gasteiger partial charge on any atom is -0.385 e. The van der Waals surface area contributed by atoms with Gasteiger partial charge in [0, 0.05) is 31.9 Å². The van der Waals surface area contributed by atoms with Crippen molar-refractivity contribution in [3.05, 3.63) is 29.8 Å². The monoisotopic (exact) mass is 289 g/mol. The Hall–Kier alpha value is -1.55. The molecule has 4 heteroatoms. The molecule has 116 valence electrons. The van der Waals surface area contributed by atoms with Crippen LogP contribution in [0.15, 0.2) is 24.3 Å². The van der Waals surface area contributed by atoms with Crippen LogP contribution >= 0.6 is 0 Å². The van der Waals surface area contributed by atoms with E-state index >= 15 is 0 Å². The number of likely N-dealkylation sites (N-methyl/N-ethyl adjacent to an activating group) is 2. The topological polar surface area (TPSA) is 35.6 Å². The number of likely N-dealkylation sites (tertiary alicyclic amines) is 1. The van der Waals surface area contributed by atoms with Crippen molar-refractivity contribution in [1.82, 2.24) is 9.80 Å². The predicted octanol–water partition coefficient (Wildman–Crippen LogP) is 2.67. The van der Waals surface area contributed by atoms with Gasteiger partial charge in [-0.15, -0.1) is 0 Å². The maximum atomic E-state index is 12.7. The van der Waals surface area contributed by atoms with Crippen molar-refractivity contribution in [2.24, 2.45) is 0 Å². The summed E-state index contributed by atoms with van der Waals surface area (Å²) in [5.41, 5.74) is 1.69. The van der Waals surface area contributed by atoms with Crippen LogP contribution in [0, 0.1) is 0 Å². The number of anilines is 1. The molecule has 1 aliphatic rings. The van der Waals surface area contributed by atoms with Crippen LogP contribution in [0.25, 0.3) is 0 Å². The predicted molar refractivity (Wildman–Crippen MR) is 87.8 cm³/mol. The van der Waals surface area contributed by atoms with Gasteiger partial charge in [-0.25, -0.2) is 0 Å². The summed E-state index contributed by atoms with van der Waals surface area (Å²) in [5, 5.41) is 3.27. The minimum atomic E-state index is 0.106. The average molecular weight is 289 g/mol. The third-order valence-corrected chi connectivity index (χ3v) is 4.26. The number of amides is 1. The lowest BCUT2D eigenvalue weighted by atomic mass is 10.1. The van der Waals surface area contributed by atoms with E-state index < -0.39 is 0 Å². The van der Waals surface area contributed by atoms with Crippen molar-refractivity contribution in [1.29, 1.82) is 0 Å². The average Bonchev–Trinajstić information content (AvgIpc) is 2.94. The summed E-state index contributed by atoms with van der Waals surface area (Å²) >= 11 is 0. The van der Waals surface area contributed by atoms with E-state index in [9.17, 15) is 4.79 Å². The highest BCUT2D eigenvalue weighted by Crippen LogP contribution is 2.20. The molecule has 0 spiro atoms. The summed E-state index contributed by atoms with van der Waals surface area (Å²) in [6.45, 7) is 8.11. The molecule has 1 saturated heterocycles. The van der Waals surface area contributed by atoms with Gasteiger partial charge in [-0.2, -0.15) is 0 Å². The van der Waals surface area contributed by atoms with Gasteiger partial charge < -0.3 is 10.2 Å². The number of hydrogen-bond donors (Lipinski definition) is 1. The van der Waals surface area contributed by atoms with E-state index in [0.717, 1.165) is 37.4 Å². The van der Waals surface area contributed by atoms with E-state index in [1.807, 2.05) is 43.1 Å². The van der Waals surface area contributed by atoms with Gasteiger partial charge >= 0.3 is 0 Å². The lowest BCUT2D eigenvalue weighted by Crippen LogP contribution is -2.41. The summed E-state index contributed by atoms with van der Waals surface area (Å²) in [6.07, 6.45) is 2.44. The van der Waals surface area contributed by atoms with Gasteiger partial charge in [-0.1, -0.05) is 19.1 Å². The molecular formula is C17H27N3O. The number of carbonyl (C=O) groups is 1. The Labute approximate surface area is 128 Å². The molecule has 1 N–H and O–H groups in total. The lowest BCUT2D eigenvalue weighted by Gasteiger charge is -2.28. The SMILES string of the molecule is CCNc1ccccc1C(=O)N(C)CC1CCCN1CC. The molecule has 0 aromatic heterocycles. The third-order valence-electron chi connectivity index (χ3n) is 4.26. The Morgan fingerprint density at radius 2 is 2.14 bits per heavy atom. The Morgan fingerprint density at radius 3 is 2.86 bits per heavy atom. The summed E-state index contributed by atoms with van der Waals surface area (Å²) in [7, 11) is 1.91. The second kappa shape index (κ2) is 7.46. The van der Waals surface area contributed by atoms with E-state index in [1.165, 1.54) is 12.8 Å². The molecule has 1 amide bonds. The summed E-state index contributed by atoms with van der Waals surface area (Å²) in [4.78, 5) is 17.0. The molecule has 4 nitrogen and oxygen atoms in total. The zero-order valence-corrected chi connectivity index (χ0v) is 13.4. The van der Waals surface area contributed by atoms with Crippen LogP contribution in [-0.4, -0.2) is 55.0 Å². The number of benzene rings is 1. The Bertz CT molecular complexity index is 475. The van der Waals surface area contributed by atoms with Gasteiger partial charge in [0.2, 0.25) is 0 Å². The van der Waals surface area contributed by atoms with E-state index in [0.29, 0.717) is 6.04 Å². The second-order valence-corrected chi connectivity index (χ2v) is 5.69. The van der Waals surface area contributed by atoms with Gasteiger partial charge in [0.25, 0.3) is 5.91 Å². The smallest absolute Gasteiger partial charge is 0.255 e. The van der Waals surface area contributed by atoms with Gasteiger partial charge in [-0.05, 0) is 45.0 Å². The van der Waals surface area contributed by atoms with Crippen LogP contribution in [0.1, 0.15) is 37.0 Å². The number of nitrogens with one attached hydrogen (secondary N) is 1. The first kappa shape index (κ1) is 15.8. The van der Waals surface area contributed by atoms with E-state index in [1.54, 1.807) is 0 Å². The number of rotatable bonds is 6. The van der Waals surface area contributed by atoms with Gasteiger partial charge in [0.05, 0.1) is 5.56 Å². The fourth-order valence-electron chi connectivity index (χ4n) is 3.14. The van der Waals surface area contributed by atoms with Gasteiger partial charge in [0.15, 0.2) is 0 Å². The summed E-state index contributed by atoms with van der Waals surface area (Å²) in [6, 6.07) is 8.28. The Balaban J connectivity index is 2.05. The minimum absolute atomic E-state index is 0.106. The molecule has 1 unspecified atom stereocenters. The largest absolute Gasteiger partial charge is 0.385 e. The first-order chi connectivity index (χ1) is 10.2. The van der Waals surface area contributed by atoms with Crippen LogP contribution in [0.4, 0.5) is 5.69 Å². The fraction of sp³-hybridized carbons (Fsp3) is 0.588. The molecule has 0 radical (unpaired) electrons. The third kappa shape index (κ3) is 3.76. The standard InChI is InChI=1S/C17H27N3O/c1-4-18-16-11-7-6-10-15(16)17(21)19(3)13-14-9-8-12-20(14)5-2/h6-7,10-11,14,18H,4-5,8-9,12-13H2,1-3H3. The highest BCUT2D eigenvalue weighted by Gasteiger charge is 2.26. The number of nitrogens with zero attached hydrogens (tertiary/aromatic N) is 2. The molecule has 21 heavy (non-hydrogen) atoms. The molecule has 0 aliphatic carbocycles. The van der Waals surface area contributed by atoms with E-state index in [4.69, 9.17) is 0 Å². The van der Waals surface area contributed by atoms with Crippen LogP contribution in [-0.2, 0) is 0 Å². The van der Waals surface area contributed by atoms with Crippen LogP contribution in [0.3, 0.4) is 0 Å². The first-order valence-corrected chi connectivity index (χ1v) is 7.99. The fourth-order valence-corrected chi connectivity index (χ4v) is 3.14. The normalized spacial score (nSPS) is 18.7. The van der Waals surface area contributed by atoms with Gasteiger partial charge in [-0.3, -0.25) is 9.69 Å². The van der Waals surface area contributed by atoms with Crippen molar-refractivity contribution in [3.8, 4) is 0 Å². The molecule has 1 atom stereocenters. The van der Waals surface area contributed by atoms with Crippen molar-refractivity contribution in [3.63, 3.8) is 0 Å². The van der Waals surface area contributed by atoms with Crippen LogP contribution < -0.4 is 5.32 Å². The highest BCUT2D eigenvalue weighted by molar-refractivity contribution is 5.99. The summed E-state index contributed by atoms with van der Waals surface area (Å²) in [5.74, 6) is 0.106.